The molecule has 1 heterocycles. The zero-order chi connectivity index (χ0) is 35.7. The summed E-state index contributed by atoms with van der Waals surface area (Å²) in [6, 6.07) is 10.3. The van der Waals surface area contributed by atoms with Crippen LogP contribution in [0.3, 0.4) is 0 Å². The number of hydrogen-bond acceptors (Lipinski definition) is 15. The first-order valence-electron chi connectivity index (χ1n) is 13.8. The fraction of sp³-hybridized carbons (Fsp3) is 0.286. The topological polar surface area (TPSA) is 253 Å². The molecule has 17 nitrogen and oxygen atoms in total. The number of azo groups is 2. The predicted octanol–water partition coefficient (Wildman–Crippen LogP) is 5.03. The number of ether oxygens (including phenoxy) is 1. The van der Waals surface area contributed by atoms with Crippen molar-refractivity contribution < 1.29 is 39.1 Å². The molecule has 2 aromatic carbocycles. The summed E-state index contributed by atoms with van der Waals surface area (Å²) in [4.78, 5) is 5.02. The number of nitrogens with one attached hydrogen (secondary N) is 1. The van der Waals surface area contributed by atoms with Gasteiger partial charge in [-0.3, -0.25) is 9.11 Å². The van der Waals surface area contributed by atoms with Crippen LogP contribution in [0.1, 0.15) is 17.5 Å². The van der Waals surface area contributed by atoms with Gasteiger partial charge >= 0.3 is 0 Å². The third kappa shape index (κ3) is 10.2. The first-order valence-corrected chi connectivity index (χ1v) is 18.4. The van der Waals surface area contributed by atoms with E-state index in [0.717, 1.165) is 23.6 Å². The summed E-state index contributed by atoms with van der Waals surface area (Å²) in [5.74, 6) is 0.0624. The van der Waals surface area contributed by atoms with Crippen LogP contribution in [0.25, 0.3) is 0 Å². The Labute approximate surface area is 278 Å². The molecular formula is C28H32N8O9S3. The van der Waals surface area contributed by atoms with Crippen LogP contribution in [0.5, 0.6) is 0 Å². The van der Waals surface area contributed by atoms with Crippen molar-refractivity contribution in [3.05, 3.63) is 65.6 Å². The highest BCUT2D eigenvalue weighted by Crippen LogP contribution is 2.37. The van der Waals surface area contributed by atoms with E-state index in [9.17, 15) is 35.1 Å². The number of pyridine rings is 1. The highest BCUT2D eigenvalue weighted by Gasteiger charge is 2.22. The molecule has 3 rings (SSSR count). The molecule has 0 spiro atoms. The van der Waals surface area contributed by atoms with Crippen LogP contribution in [-0.4, -0.2) is 78.9 Å². The average Bonchev–Trinajstić information content (AvgIpc) is 3.03. The second-order valence-electron chi connectivity index (χ2n) is 9.97. The quantitative estimate of drug-likeness (QED) is 0.0998. The molecule has 48 heavy (non-hydrogen) atoms. The Hall–Kier alpha value is -4.65. The molecule has 256 valence electrons. The standard InChI is InChI=1S/C28H32N8O9S3/c1-5-46(37,38)16-14-36(3)28-23(18-29)19(2)26(27(31-28)30-13-6-15-45-4)35-34-24-12-9-21(17-25(24)48(42,43)44)33-32-20-7-10-22(11-8-20)47(39,40)41/h5,7-12,17H,1,6,13-16H2,2-4H3,(H,30,31)(H,39,40,41)(H,42,43,44). The molecule has 3 N–H and O–H groups in total. The van der Waals surface area contributed by atoms with Gasteiger partial charge in [0.2, 0.25) is 0 Å². The lowest BCUT2D eigenvalue weighted by Gasteiger charge is -2.22. The van der Waals surface area contributed by atoms with Crippen molar-refractivity contribution in [3.63, 3.8) is 0 Å². The predicted molar refractivity (Wildman–Crippen MR) is 177 cm³/mol. The van der Waals surface area contributed by atoms with Crippen molar-refractivity contribution in [2.24, 2.45) is 20.5 Å². The monoisotopic (exact) mass is 720 g/mol. The van der Waals surface area contributed by atoms with E-state index in [2.05, 4.69) is 43.4 Å². The minimum absolute atomic E-state index is 0.00324. The fourth-order valence-corrected chi connectivity index (χ4v) is 5.79. The molecule has 1 aromatic heterocycles. The van der Waals surface area contributed by atoms with E-state index in [1.165, 1.54) is 36.3 Å². The van der Waals surface area contributed by atoms with Crippen LogP contribution in [0, 0.1) is 18.3 Å². The molecule has 0 aliphatic heterocycles. The average molecular weight is 721 g/mol. The summed E-state index contributed by atoms with van der Waals surface area (Å²) in [5, 5.41) is 30.0. The lowest BCUT2D eigenvalue weighted by atomic mass is 10.1. The van der Waals surface area contributed by atoms with Crippen LogP contribution in [-0.2, 0) is 34.8 Å². The summed E-state index contributed by atoms with van der Waals surface area (Å²) in [6.07, 6.45) is 0.560. The Morgan fingerprint density at radius 2 is 1.65 bits per heavy atom. The number of anilines is 2. The lowest BCUT2D eigenvalue weighted by Crippen LogP contribution is -2.26. The Morgan fingerprint density at radius 3 is 2.23 bits per heavy atom. The summed E-state index contributed by atoms with van der Waals surface area (Å²) < 4.78 is 95.2. The van der Waals surface area contributed by atoms with Crippen molar-refractivity contribution >= 4 is 64.5 Å². The highest BCUT2D eigenvalue weighted by molar-refractivity contribution is 7.94. The van der Waals surface area contributed by atoms with E-state index < -0.39 is 35.0 Å². The Bertz CT molecular complexity index is 2100. The summed E-state index contributed by atoms with van der Waals surface area (Å²) >= 11 is 0. The van der Waals surface area contributed by atoms with E-state index in [0.29, 0.717) is 25.1 Å². The summed E-state index contributed by atoms with van der Waals surface area (Å²) in [7, 11) is -9.70. The van der Waals surface area contributed by atoms with Crippen LogP contribution < -0.4 is 10.2 Å². The first kappa shape index (κ1) is 37.8. The number of hydrogen-bond donors (Lipinski definition) is 3. The molecule has 0 atom stereocenters. The fourth-order valence-electron chi connectivity index (χ4n) is 3.97. The zero-order valence-corrected chi connectivity index (χ0v) is 28.4. The van der Waals surface area contributed by atoms with Gasteiger partial charge in [-0.1, -0.05) is 6.58 Å². The number of benzene rings is 2. The minimum atomic E-state index is -4.87. The van der Waals surface area contributed by atoms with Gasteiger partial charge in [-0.05, 0) is 55.8 Å². The van der Waals surface area contributed by atoms with E-state index >= 15 is 0 Å². The van der Waals surface area contributed by atoms with E-state index in [-0.39, 0.29) is 57.1 Å². The van der Waals surface area contributed by atoms with Gasteiger partial charge in [0.1, 0.15) is 28.2 Å². The molecule has 3 aromatic rings. The molecule has 0 amide bonds. The molecule has 0 bridgehead atoms. The molecule has 0 radical (unpaired) electrons. The van der Waals surface area contributed by atoms with Gasteiger partial charge < -0.3 is 15.0 Å². The Kier molecular flexibility index (Phi) is 12.6. The molecule has 0 saturated carbocycles. The Morgan fingerprint density at radius 1 is 1.00 bits per heavy atom. The smallest absolute Gasteiger partial charge is 0.296 e. The third-order valence-corrected chi connectivity index (χ3v) is 9.56. The van der Waals surface area contributed by atoms with Crippen LogP contribution in [0.2, 0.25) is 0 Å². The molecule has 20 heteroatoms. The maximum Gasteiger partial charge on any atom is 0.296 e. The normalized spacial score (nSPS) is 12.3. The van der Waals surface area contributed by atoms with Crippen molar-refractivity contribution in [1.82, 2.24) is 4.98 Å². The van der Waals surface area contributed by atoms with Crippen molar-refractivity contribution in [2.75, 3.05) is 49.8 Å². The van der Waals surface area contributed by atoms with Gasteiger partial charge in [0.15, 0.2) is 15.7 Å². The van der Waals surface area contributed by atoms with Gasteiger partial charge in [-0.15, -0.1) is 10.2 Å². The number of nitrogens with zero attached hydrogens (tertiary/aromatic N) is 7. The maximum absolute atomic E-state index is 12.3. The number of nitriles is 1. The molecule has 0 aliphatic rings. The van der Waals surface area contributed by atoms with Gasteiger partial charge in [0.05, 0.1) is 27.6 Å². The maximum atomic E-state index is 12.3. The summed E-state index contributed by atoms with van der Waals surface area (Å²) in [6.45, 7) is 5.65. The largest absolute Gasteiger partial charge is 0.385 e. The van der Waals surface area contributed by atoms with Crippen LogP contribution in [0.4, 0.5) is 34.4 Å². The first-order chi connectivity index (χ1) is 22.5. The zero-order valence-electron chi connectivity index (χ0n) is 26.0. The van der Waals surface area contributed by atoms with Crippen LogP contribution in [0.15, 0.2) is 84.7 Å². The Balaban J connectivity index is 2.05. The second-order valence-corrected chi connectivity index (χ2v) is 14.8. The van der Waals surface area contributed by atoms with E-state index in [1.807, 2.05) is 0 Å². The van der Waals surface area contributed by atoms with Crippen molar-refractivity contribution in [3.8, 4) is 6.07 Å². The number of methoxy groups -OCH3 is 1. The minimum Gasteiger partial charge on any atom is -0.385 e. The third-order valence-electron chi connectivity index (χ3n) is 6.55. The second kappa shape index (κ2) is 16.0. The lowest BCUT2D eigenvalue weighted by molar-refractivity contribution is 0.198. The number of sulfone groups is 1. The highest BCUT2D eigenvalue weighted by atomic mass is 32.2. The van der Waals surface area contributed by atoms with Gasteiger partial charge in [-0.2, -0.15) is 32.3 Å². The molecule has 0 fully saturated rings. The van der Waals surface area contributed by atoms with Crippen LogP contribution >= 0.6 is 0 Å². The number of rotatable bonds is 16. The molecular weight excluding hydrogens is 689 g/mol. The summed E-state index contributed by atoms with van der Waals surface area (Å²) in [5.41, 5.74) is 0.332. The van der Waals surface area contributed by atoms with Crippen molar-refractivity contribution in [2.45, 2.75) is 23.1 Å². The van der Waals surface area contributed by atoms with Gasteiger partial charge in [-0.25, -0.2) is 13.4 Å². The van der Waals surface area contributed by atoms with Gasteiger partial charge in [0, 0.05) is 44.8 Å². The van der Waals surface area contributed by atoms with E-state index in [1.54, 1.807) is 14.0 Å². The van der Waals surface area contributed by atoms with E-state index in [4.69, 9.17) is 9.29 Å². The molecule has 0 aliphatic carbocycles. The SMILES string of the molecule is C=CS(=O)(=O)CCN(C)c1nc(NCCCOC)c(N=Nc2ccc(N=Nc3ccc(S(=O)(=O)O)cc3)cc2S(=O)(=O)O)c(C)c1C#N. The van der Waals surface area contributed by atoms with Crippen molar-refractivity contribution in [1.29, 1.82) is 5.26 Å². The number of aromatic nitrogens is 1. The molecule has 0 saturated heterocycles. The molecule has 0 unspecified atom stereocenters. The van der Waals surface area contributed by atoms with Gasteiger partial charge in [0.25, 0.3) is 20.2 Å².